The fraction of sp³-hybridized carbons (Fsp3) is 0.455. The van der Waals surface area contributed by atoms with Crippen LogP contribution in [0.5, 0.6) is 0 Å². The van der Waals surface area contributed by atoms with Gasteiger partial charge in [0.1, 0.15) is 5.82 Å². The van der Waals surface area contributed by atoms with Crippen LogP contribution in [0.1, 0.15) is 25.3 Å². The first-order chi connectivity index (χ1) is 7.54. The molecule has 3 nitrogen and oxygen atoms in total. The molecule has 0 bridgehead atoms. The SMILES string of the molecule is CCC(Cl)CCc1cc(F)ccc1[N+](=O)[O-]. The molecule has 88 valence electrons. The number of alkyl halides is 1. The average molecular weight is 246 g/mol. The molecule has 1 aromatic rings. The van der Waals surface area contributed by atoms with E-state index in [1.54, 1.807) is 0 Å². The average Bonchev–Trinajstić information content (AvgIpc) is 2.25. The lowest BCUT2D eigenvalue weighted by Crippen LogP contribution is -2.02. The van der Waals surface area contributed by atoms with Crippen LogP contribution in [0.4, 0.5) is 10.1 Å². The first-order valence-corrected chi connectivity index (χ1v) is 5.55. The van der Waals surface area contributed by atoms with Crippen molar-refractivity contribution in [3.63, 3.8) is 0 Å². The van der Waals surface area contributed by atoms with Gasteiger partial charge in [0.05, 0.1) is 4.92 Å². The van der Waals surface area contributed by atoms with Crippen molar-refractivity contribution in [2.24, 2.45) is 0 Å². The van der Waals surface area contributed by atoms with Crippen LogP contribution in [-0.2, 0) is 6.42 Å². The van der Waals surface area contributed by atoms with Crippen LogP contribution < -0.4 is 0 Å². The van der Waals surface area contributed by atoms with E-state index in [0.29, 0.717) is 18.4 Å². The van der Waals surface area contributed by atoms with Crippen molar-refractivity contribution in [1.29, 1.82) is 0 Å². The largest absolute Gasteiger partial charge is 0.272 e. The standard InChI is InChI=1S/C11H13ClFNO2/c1-2-9(12)4-3-8-7-10(13)5-6-11(8)14(15)16/h5-7,9H,2-4H2,1H3. The second kappa shape index (κ2) is 5.80. The van der Waals surface area contributed by atoms with Crippen LogP contribution in [-0.4, -0.2) is 10.3 Å². The Labute approximate surface area is 98.4 Å². The highest BCUT2D eigenvalue weighted by Gasteiger charge is 2.15. The number of halogens is 2. The number of hydrogen-bond donors (Lipinski definition) is 0. The van der Waals surface area contributed by atoms with E-state index in [1.807, 2.05) is 6.92 Å². The summed E-state index contributed by atoms with van der Waals surface area (Å²) in [5, 5.41) is 10.7. The smallest absolute Gasteiger partial charge is 0.258 e. The quantitative estimate of drug-likeness (QED) is 0.451. The zero-order chi connectivity index (χ0) is 12.1. The van der Waals surface area contributed by atoms with Gasteiger partial charge < -0.3 is 0 Å². The number of nitro groups is 1. The molecule has 0 amide bonds. The molecule has 0 spiro atoms. The minimum absolute atomic E-state index is 0.0251. The highest BCUT2D eigenvalue weighted by Crippen LogP contribution is 2.22. The highest BCUT2D eigenvalue weighted by atomic mass is 35.5. The Morgan fingerprint density at radius 3 is 2.81 bits per heavy atom. The topological polar surface area (TPSA) is 43.1 Å². The molecule has 0 aliphatic heterocycles. The van der Waals surface area contributed by atoms with Gasteiger partial charge in [-0.15, -0.1) is 11.6 Å². The number of nitro benzene ring substituents is 1. The maximum absolute atomic E-state index is 13.0. The van der Waals surface area contributed by atoms with Crippen molar-refractivity contribution >= 4 is 17.3 Å². The molecule has 1 unspecified atom stereocenters. The Morgan fingerprint density at radius 2 is 2.25 bits per heavy atom. The molecule has 0 fully saturated rings. The van der Waals surface area contributed by atoms with E-state index in [4.69, 9.17) is 11.6 Å². The van der Waals surface area contributed by atoms with Crippen LogP contribution in [0, 0.1) is 15.9 Å². The van der Waals surface area contributed by atoms with Gasteiger partial charge in [0.2, 0.25) is 0 Å². The Kier molecular flexibility index (Phi) is 4.68. The van der Waals surface area contributed by atoms with Crippen LogP contribution in [0.15, 0.2) is 18.2 Å². The summed E-state index contributed by atoms with van der Waals surface area (Å²) >= 11 is 5.92. The zero-order valence-electron chi connectivity index (χ0n) is 8.95. The Hall–Kier alpha value is -1.16. The van der Waals surface area contributed by atoms with Gasteiger partial charge in [-0.2, -0.15) is 0 Å². The first-order valence-electron chi connectivity index (χ1n) is 5.11. The number of nitrogens with zero attached hydrogens (tertiary/aromatic N) is 1. The van der Waals surface area contributed by atoms with Gasteiger partial charge in [-0.05, 0) is 31.4 Å². The number of rotatable bonds is 5. The van der Waals surface area contributed by atoms with Gasteiger partial charge in [-0.1, -0.05) is 6.92 Å². The van der Waals surface area contributed by atoms with E-state index in [9.17, 15) is 14.5 Å². The summed E-state index contributed by atoms with van der Waals surface area (Å²) in [6, 6.07) is 3.50. The van der Waals surface area contributed by atoms with Crippen molar-refractivity contribution in [2.45, 2.75) is 31.6 Å². The molecule has 1 rings (SSSR count). The van der Waals surface area contributed by atoms with Crippen molar-refractivity contribution in [3.05, 3.63) is 39.7 Å². The van der Waals surface area contributed by atoms with Crippen LogP contribution in [0.2, 0.25) is 0 Å². The predicted octanol–water partition coefficient (Wildman–Crippen LogP) is 3.68. The molecule has 1 aromatic carbocycles. The minimum Gasteiger partial charge on any atom is -0.258 e. The van der Waals surface area contributed by atoms with E-state index in [2.05, 4.69) is 0 Å². The molecule has 0 aromatic heterocycles. The molecule has 1 atom stereocenters. The summed E-state index contributed by atoms with van der Waals surface area (Å²) in [6.07, 6.45) is 1.84. The van der Waals surface area contributed by atoms with Crippen molar-refractivity contribution in [2.75, 3.05) is 0 Å². The maximum atomic E-state index is 13.0. The van der Waals surface area contributed by atoms with E-state index in [0.717, 1.165) is 12.5 Å². The molecule has 16 heavy (non-hydrogen) atoms. The van der Waals surface area contributed by atoms with Gasteiger partial charge in [0.25, 0.3) is 5.69 Å². The highest BCUT2D eigenvalue weighted by molar-refractivity contribution is 6.20. The van der Waals surface area contributed by atoms with E-state index < -0.39 is 10.7 Å². The summed E-state index contributed by atoms with van der Waals surface area (Å²) in [6.45, 7) is 1.94. The summed E-state index contributed by atoms with van der Waals surface area (Å²) in [5.41, 5.74) is 0.366. The Bertz CT molecular complexity index is 384. The third kappa shape index (κ3) is 3.45. The van der Waals surface area contributed by atoms with Gasteiger partial charge in [0.15, 0.2) is 0 Å². The van der Waals surface area contributed by atoms with E-state index >= 15 is 0 Å². The zero-order valence-corrected chi connectivity index (χ0v) is 9.71. The molecule has 0 aliphatic carbocycles. The number of benzene rings is 1. The van der Waals surface area contributed by atoms with E-state index in [-0.39, 0.29) is 11.1 Å². The minimum atomic E-state index is -0.496. The molecule has 5 heteroatoms. The van der Waals surface area contributed by atoms with Crippen LogP contribution in [0.3, 0.4) is 0 Å². The molecule has 0 saturated heterocycles. The van der Waals surface area contributed by atoms with Crippen LogP contribution >= 0.6 is 11.6 Å². The lowest BCUT2D eigenvalue weighted by atomic mass is 10.1. The van der Waals surface area contributed by atoms with Crippen molar-refractivity contribution in [1.82, 2.24) is 0 Å². The lowest BCUT2D eigenvalue weighted by molar-refractivity contribution is -0.385. The van der Waals surface area contributed by atoms with Gasteiger partial charge in [-0.25, -0.2) is 4.39 Å². The molecular weight excluding hydrogens is 233 g/mol. The van der Waals surface area contributed by atoms with Crippen LogP contribution in [0.25, 0.3) is 0 Å². The molecule has 0 N–H and O–H groups in total. The number of hydrogen-bond acceptors (Lipinski definition) is 2. The van der Waals surface area contributed by atoms with Gasteiger partial charge in [-0.3, -0.25) is 10.1 Å². The van der Waals surface area contributed by atoms with Gasteiger partial charge in [0, 0.05) is 17.0 Å². The Balaban J connectivity index is 2.84. The summed E-state index contributed by atoms with van der Waals surface area (Å²) < 4.78 is 13.0. The molecule has 0 radical (unpaired) electrons. The fourth-order valence-electron chi connectivity index (χ4n) is 1.45. The molecule has 0 saturated carbocycles. The second-order valence-corrected chi connectivity index (χ2v) is 4.19. The van der Waals surface area contributed by atoms with Gasteiger partial charge >= 0.3 is 0 Å². The molecule has 0 aliphatic rings. The molecular formula is C11H13ClFNO2. The van der Waals surface area contributed by atoms with Crippen molar-refractivity contribution < 1.29 is 9.31 Å². The number of aryl methyl sites for hydroxylation is 1. The fourth-order valence-corrected chi connectivity index (χ4v) is 1.56. The second-order valence-electron chi connectivity index (χ2n) is 3.57. The Morgan fingerprint density at radius 1 is 1.56 bits per heavy atom. The summed E-state index contributed by atoms with van der Waals surface area (Å²) in [7, 11) is 0. The van der Waals surface area contributed by atoms with Crippen molar-refractivity contribution in [3.8, 4) is 0 Å². The summed E-state index contributed by atoms with van der Waals surface area (Å²) in [4.78, 5) is 10.2. The van der Waals surface area contributed by atoms with E-state index in [1.165, 1.54) is 12.1 Å². The monoisotopic (exact) mass is 245 g/mol. The molecule has 0 heterocycles. The summed E-state index contributed by atoms with van der Waals surface area (Å²) in [5.74, 6) is -0.455. The lowest BCUT2D eigenvalue weighted by Gasteiger charge is -2.06. The third-order valence-electron chi connectivity index (χ3n) is 2.41. The maximum Gasteiger partial charge on any atom is 0.272 e. The first kappa shape index (κ1) is 12.9. The third-order valence-corrected chi connectivity index (χ3v) is 2.93. The normalized spacial score (nSPS) is 12.4. The predicted molar refractivity (Wildman–Crippen MR) is 61.3 cm³/mol.